The zero-order valence-corrected chi connectivity index (χ0v) is 11.1. The van der Waals surface area contributed by atoms with E-state index in [-0.39, 0.29) is 13.1 Å². The van der Waals surface area contributed by atoms with Gasteiger partial charge in [-0.25, -0.2) is 0 Å². The summed E-state index contributed by atoms with van der Waals surface area (Å²) >= 11 is 0. The lowest BCUT2D eigenvalue weighted by Crippen LogP contribution is -2.45. The van der Waals surface area contributed by atoms with Crippen molar-refractivity contribution in [2.75, 3.05) is 13.1 Å². The number of likely N-dealkylation sites (tertiary alicyclic amines) is 1. The number of nitrogens with zero attached hydrogens (tertiary/aromatic N) is 1. The Kier molecular flexibility index (Phi) is 5.47. The van der Waals surface area contributed by atoms with Crippen molar-refractivity contribution in [1.29, 1.82) is 0 Å². The van der Waals surface area contributed by atoms with Crippen molar-refractivity contribution < 1.29 is 18.0 Å². The minimum absolute atomic E-state index is 0.255. The Labute approximate surface area is 107 Å². The van der Waals surface area contributed by atoms with Crippen molar-refractivity contribution in [3.8, 4) is 0 Å². The normalized spacial score (nSPS) is 18.4. The Bertz CT molecular complexity index is 268. The van der Waals surface area contributed by atoms with Crippen LogP contribution in [0, 0.1) is 11.8 Å². The number of piperidine rings is 1. The van der Waals surface area contributed by atoms with Gasteiger partial charge in [-0.2, -0.15) is 13.2 Å². The average molecular weight is 265 g/mol. The quantitative estimate of drug-likeness (QED) is 0.760. The number of hydrogen-bond donors (Lipinski definition) is 0. The van der Waals surface area contributed by atoms with Crippen molar-refractivity contribution in [3.63, 3.8) is 0 Å². The third-order valence-electron chi connectivity index (χ3n) is 3.54. The maximum absolute atomic E-state index is 12.2. The predicted octanol–water partition coefficient (Wildman–Crippen LogP) is 3.61. The molecule has 0 N–H and O–H groups in total. The summed E-state index contributed by atoms with van der Waals surface area (Å²) in [5.41, 5.74) is 0. The highest BCUT2D eigenvalue weighted by molar-refractivity contribution is 5.81. The first kappa shape index (κ1) is 15.3. The van der Waals surface area contributed by atoms with E-state index in [0.29, 0.717) is 24.7 Å². The van der Waals surface area contributed by atoms with E-state index in [4.69, 9.17) is 0 Å². The molecule has 0 atom stereocenters. The number of carbonyl (C=O) groups is 1. The van der Waals surface area contributed by atoms with E-state index in [9.17, 15) is 18.0 Å². The molecular weight excluding hydrogens is 243 g/mol. The number of hydrogen-bond acceptors (Lipinski definition) is 1. The van der Waals surface area contributed by atoms with Gasteiger partial charge in [0, 0.05) is 13.1 Å². The standard InChI is InChI=1S/C13H22F3NO/c1-10(2)4-3-5-11-6-8-17(9-7-11)12(18)13(14,15)16/h10-11H,3-9H2,1-2H3. The second kappa shape index (κ2) is 6.43. The van der Waals surface area contributed by atoms with Crippen molar-refractivity contribution in [2.45, 2.75) is 52.1 Å². The van der Waals surface area contributed by atoms with Gasteiger partial charge in [0.2, 0.25) is 0 Å². The molecule has 0 radical (unpaired) electrons. The molecule has 18 heavy (non-hydrogen) atoms. The zero-order valence-electron chi connectivity index (χ0n) is 11.1. The highest BCUT2D eigenvalue weighted by Crippen LogP contribution is 2.26. The van der Waals surface area contributed by atoms with Gasteiger partial charge in [-0.1, -0.05) is 33.1 Å². The van der Waals surface area contributed by atoms with Crippen LogP contribution < -0.4 is 0 Å². The van der Waals surface area contributed by atoms with Crippen LogP contribution >= 0.6 is 0 Å². The van der Waals surface area contributed by atoms with Gasteiger partial charge in [0.05, 0.1) is 0 Å². The molecule has 0 aromatic heterocycles. The van der Waals surface area contributed by atoms with Gasteiger partial charge >= 0.3 is 12.1 Å². The van der Waals surface area contributed by atoms with Crippen LogP contribution in [-0.4, -0.2) is 30.1 Å². The minimum atomic E-state index is -4.72. The summed E-state index contributed by atoms with van der Waals surface area (Å²) in [4.78, 5) is 12.0. The summed E-state index contributed by atoms with van der Waals surface area (Å²) in [5, 5.41) is 0. The highest BCUT2D eigenvalue weighted by atomic mass is 19.4. The lowest BCUT2D eigenvalue weighted by Gasteiger charge is -2.32. The second-order valence-corrected chi connectivity index (χ2v) is 5.56. The fourth-order valence-corrected chi connectivity index (χ4v) is 2.42. The van der Waals surface area contributed by atoms with Crippen LogP contribution in [0.15, 0.2) is 0 Å². The lowest BCUT2D eigenvalue weighted by molar-refractivity contribution is -0.186. The number of carbonyl (C=O) groups excluding carboxylic acids is 1. The summed E-state index contributed by atoms with van der Waals surface area (Å²) in [6.07, 6.45) is 0.0772. The fourth-order valence-electron chi connectivity index (χ4n) is 2.42. The molecule has 2 nitrogen and oxygen atoms in total. The molecule has 0 saturated carbocycles. The third-order valence-corrected chi connectivity index (χ3v) is 3.54. The Morgan fingerprint density at radius 2 is 1.83 bits per heavy atom. The molecule has 5 heteroatoms. The van der Waals surface area contributed by atoms with Crippen LogP contribution in [0.1, 0.15) is 46.0 Å². The Balaban J connectivity index is 2.27. The van der Waals surface area contributed by atoms with Crippen LogP contribution in [0.5, 0.6) is 0 Å². The first-order valence-electron chi connectivity index (χ1n) is 6.66. The highest BCUT2D eigenvalue weighted by Gasteiger charge is 2.43. The molecule has 106 valence electrons. The van der Waals surface area contributed by atoms with Gasteiger partial charge in [0.1, 0.15) is 0 Å². The lowest BCUT2D eigenvalue weighted by atomic mass is 9.90. The summed E-state index contributed by atoms with van der Waals surface area (Å²) in [7, 11) is 0. The molecule has 1 aliphatic heterocycles. The van der Waals surface area contributed by atoms with Crippen LogP contribution in [0.2, 0.25) is 0 Å². The molecule has 1 rings (SSSR count). The predicted molar refractivity (Wildman–Crippen MR) is 64.0 cm³/mol. The zero-order chi connectivity index (χ0) is 13.8. The second-order valence-electron chi connectivity index (χ2n) is 5.56. The van der Waals surface area contributed by atoms with Crippen LogP contribution in [0.3, 0.4) is 0 Å². The van der Waals surface area contributed by atoms with Gasteiger partial charge in [-0.05, 0) is 24.7 Å². The van der Waals surface area contributed by atoms with E-state index < -0.39 is 12.1 Å². The summed E-state index contributed by atoms with van der Waals surface area (Å²) in [6, 6.07) is 0. The molecule has 0 bridgehead atoms. The van der Waals surface area contributed by atoms with E-state index in [1.54, 1.807) is 0 Å². The van der Waals surface area contributed by atoms with Gasteiger partial charge in [0.15, 0.2) is 0 Å². The number of alkyl halides is 3. The van der Waals surface area contributed by atoms with Crippen LogP contribution in [0.25, 0.3) is 0 Å². The molecule has 1 saturated heterocycles. The first-order valence-corrected chi connectivity index (χ1v) is 6.66. The molecule has 0 aliphatic carbocycles. The van der Waals surface area contributed by atoms with Crippen molar-refractivity contribution in [3.05, 3.63) is 0 Å². The van der Waals surface area contributed by atoms with Gasteiger partial charge in [0.25, 0.3) is 0 Å². The maximum Gasteiger partial charge on any atom is 0.471 e. The Hall–Kier alpha value is -0.740. The SMILES string of the molecule is CC(C)CCCC1CCN(C(=O)C(F)(F)F)CC1. The summed E-state index contributed by atoms with van der Waals surface area (Å²) < 4.78 is 36.7. The molecular formula is C13H22F3NO. The largest absolute Gasteiger partial charge is 0.471 e. The van der Waals surface area contributed by atoms with Gasteiger partial charge in [-0.15, -0.1) is 0 Å². The molecule has 0 aromatic carbocycles. The number of halogens is 3. The van der Waals surface area contributed by atoms with E-state index in [1.807, 2.05) is 0 Å². The molecule has 1 fully saturated rings. The summed E-state index contributed by atoms with van der Waals surface area (Å²) in [5.74, 6) is -0.513. The first-order chi connectivity index (χ1) is 8.30. The number of amides is 1. The molecule has 1 heterocycles. The van der Waals surface area contributed by atoms with Crippen molar-refractivity contribution in [2.24, 2.45) is 11.8 Å². The molecule has 1 amide bonds. The van der Waals surface area contributed by atoms with E-state index in [2.05, 4.69) is 13.8 Å². The summed E-state index contributed by atoms with van der Waals surface area (Å²) in [6.45, 7) is 4.85. The van der Waals surface area contributed by atoms with Crippen molar-refractivity contribution >= 4 is 5.91 Å². The fraction of sp³-hybridized carbons (Fsp3) is 0.923. The monoisotopic (exact) mass is 265 g/mol. The van der Waals surface area contributed by atoms with Gasteiger partial charge < -0.3 is 4.90 Å². The maximum atomic E-state index is 12.2. The van der Waals surface area contributed by atoms with Crippen molar-refractivity contribution in [1.82, 2.24) is 4.90 Å². The topological polar surface area (TPSA) is 20.3 Å². The third kappa shape index (κ3) is 4.86. The Morgan fingerprint density at radius 1 is 1.28 bits per heavy atom. The average Bonchev–Trinajstić information content (AvgIpc) is 2.27. The van der Waals surface area contributed by atoms with Crippen LogP contribution in [-0.2, 0) is 4.79 Å². The molecule has 1 aliphatic rings. The van der Waals surface area contributed by atoms with E-state index >= 15 is 0 Å². The minimum Gasteiger partial charge on any atom is -0.335 e. The number of rotatable bonds is 4. The molecule has 0 aromatic rings. The molecule has 0 unspecified atom stereocenters. The van der Waals surface area contributed by atoms with Gasteiger partial charge in [-0.3, -0.25) is 4.79 Å². The Morgan fingerprint density at radius 3 is 2.28 bits per heavy atom. The van der Waals surface area contributed by atoms with E-state index in [1.165, 1.54) is 6.42 Å². The smallest absolute Gasteiger partial charge is 0.335 e. The molecule has 0 spiro atoms. The van der Waals surface area contributed by atoms with Crippen LogP contribution in [0.4, 0.5) is 13.2 Å². The van der Waals surface area contributed by atoms with E-state index in [0.717, 1.165) is 17.7 Å².